The molecule has 5 unspecified atom stereocenters. The molecule has 2 N–H and O–H groups in total. The third-order valence-electron chi connectivity index (χ3n) is 5.25. The van der Waals surface area contributed by atoms with E-state index in [1.807, 2.05) is 0 Å². The third kappa shape index (κ3) is 1.51. The molecule has 0 amide bonds. The highest BCUT2D eigenvalue weighted by Crippen LogP contribution is 2.49. The van der Waals surface area contributed by atoms with Crippen molar-refractivity contribution in [3.63, 3.8) is 0 Å². The van der Waals surface area contributed by atoms with E-state index in [2.05, 4.69) is 23.1 Å². The fraction of sp³-hybridized carbons (Fsp3) is 0.500. The predicted octanol–water partition coefficient (Wildman–Crippen LogP) is 0.749. The lowest BCUT2D eigenvalue weighted by Gasteiger charge is -2.34. The fourth-order valence-corrected chi connectivity index (χ4v) is 4.27. The Morgan fingerprint density at radius 3 is 2.81 bits per heavy atom. The van der Waals surface area contributed by atoms with Gasteiger partial charge in [0.05, 0.1) is 18.2 Å². The molecule has 0 radical (unpaired) electrons. The van der Waals surface area contributed by atoms with Gasteiger partial charge in [-0.1, -0.05) is 6.08 Å². The highest BCUT2D eigenvalue weighted by Gasteiger charge is 2.48. The van der Waals surface area contributed by atoms with Crippen LogP contribution in [0.5, 0.6) is 11.5 Å². The molecule has 1 aliphatic carbocycles. The Labute approximate surface area is 122 Å². The summed E-state index contributed by atoms with van der Waals surface area (Å²) in [6, 6.07) is 4.11. The number of aliphatic hydroxyl groups is 2. The molecule has 1 aromatic carbocycles. The van der Waals surface area contributed by atoms with Gasteiger partial charge < -0.3 is 19.7 Å². The molecule has 3 heterocycles. The number of ether oxygens (including phenoxy) is 2. The highest BCUT2D eigenvalue weighted by molar-refractivity contribution is 5.54. The summed E-state index contributed by atoms with van der Waals surface area (Å²) in [7, 11) is 0. The standard InChI is InChI=1S/C16H17NO4/c18-12-2-1-9-11-6-17(15(9)16(12)19)5-8-3-13-14(4-10(8)11)21-7-20-13/h1,3-4,11-12,15-16,18-19H,2,5-7H2. The Hall–Kier alpha value is -1.56. The summed E-state index contributed by atoms with van der Waals surface area (Å²) in [5.74, 6) is 1.94. The quantitative estimate of drug-likeness (QED) is 0.690. The number of hydrogen-bond acceptors (Lipinski definition) is 5. The lowest BCUT2D eigenvalue weighted by atomic mass is 9.82. The van der Waals surface area contributed by atoms with Gasteiger partial charge in [0.2, 0.25) is 6.79 Å². The minimum absolute atomic E-state index is 0.0529. The zero-order valence-electron chi connectivity index (χ0n) is 11.5. The van der Waals surface area contributed by atoms with Gasteiger partial charge in [-0.15, -0.1) is 0 Å². The SMILES string of the molecule is OC1CC=C2C3CN(Cc4cc5c(cc43)OCO5)C2C1O. The third-order valence-corrected chi connectivity index (χ3v) is 5.25. The number of hydrogen-bond donors (Lipinski definition) is 2. The molecule has 5 heteroatoms. The van der Waals surface area contributed by atoms with Crippen molar-refractivity contribution in [1.82, 2.24) is 4.90 Å². The minimum atomic E-state index is -0.691. The monoisotopic (exact) mass is 287 g/mol. The molecule has 5 nitrogen and oxygen atoms in total. The maximum atomic E-state index is 10.4. The first kappa shape index (κ1) is 12.0. The lowest BCUT2D eigenvalue weighted by Crippen LogP contribution is -2.47. The van der Waals surface area contributed by atoms with Crippen LogP contribution in [0.1, 0.15) is 23.5 Å². The van der Waals surface area contributed by atoms with Gasteiger partial charge in [-0.25, -0.2) is 0 Å². The Kier molecular flexibility index (Phi) is 2.29. The van der Waals surface area contributed by atoms with Crippen LogP contribution in [0, 0.1) is 0 Å². The first-order valence-electron chi connectivity index (χ1n) is 7.45. The van der Waals surface area contributed by atoms with Crippen molar-refractivity contribution >= 4 is 0 Å². The van der Waals surface area contributed by atoms with E-state index in [9.17, 15) is 10.2 Å². The molecule has 1 saturated heterocycles. The number of fused-ring (bicyclic) bond motifs is 8. The Morgan fingerprint density at radius 2 is 1.95 bits per heavy atom. The van der Waals surface area contributed by atoms with Crippen molar-refractivity contribution in [3.05, 3.63) is 34.9 Å². The first-order valence-corrected chi connectivity index (χ1v) is 7.45. The van der Waals surface area contributed by atoms with Gasteiger partial charge in [0, 0.05) is 19.0 Å². The number of rotatable bonds is 0. The van der Waals surface area contributed by atoms with E-state index in [1.54, 1.807) is 0 Å². The molecule has 110 valence electrons. The Balaban J connectivity index is 1.63. The molecule has 1 aromatic rings. The van der Waals surface area contributed by atoms with Gasteiger partial charge in [0.15, 0.2) is 11.5 Å². The van der Waals surface area contributed by atoms with Crippen molar-refractivity contribution in [2.45, 2.75) is 37.1 Å². The van der Waals surface area contributed by atoms with Crippen LogP contribution in [0.3, 0.4) is 0 Å². The molecule has 21 heavy (non-hydrogen) atoms. The molecule has 1 fully saturated rings. The normalized spacial score (nSPS) is 38.8. The Bertz CT molecular complexity index is 656. The second-order valence-electron chi connectivity index (χ2n) is 6.33. The number of nitrogens with zero attached hydrogens (tertiary/aromatic N) is 1. The van der Waals surface area contributed by atoms with E-state index >= 15 is 0 Å². The van der Waals surface area contributed by atoms with Crippen LogP contribution >= 0.6 is 0 Å². The molecule has 3 aliphatic heterocycles. The van der Waals surface area contributed by atoms with Gasteiger partial charge in [0.1, 0.15) is 0 Å². The van der Waals surface area contributed by atoms with E-state index in [0.717, 1.165) is 24.6 Å². The second-order valence-corrected chi connectivity index (χ2v) is 6.33. The van der Waals surface area contributed by atoms with Gasteiger partial charge in [-0.05, 0) is 35.3 Å². The molecular formula is C16H17NO4. The van der Waals surface area contributed by atoms with Crippen LogP contribution in [0.2, 0.25) is 0 Å². The maximum Gasteiger partial charge on any atom is 0.231 e. The summed E-state index contributed by atoms with van der Waals surface area (Å²) in [6.45, 7) is 1.99. The summed E-state index contributed by atoms with van der Waals surface area (Å²) < 4.78 is 11.0. The summed E-state index contributed by atoms with van der Waals surface area (Å²) in [4.78, 5) is 2.27. The summed E-state index contributed by atoms with van der Waals surface area (Å²) in [5.41, 5.74) is 3.78. The zero-order valence-corrected chi connectivity index (χ0v) is 11.5. The first-order chi connectivity index (χ1) is 10.2. The van der Waals surface area contributed by atoms with E-state index in [4.69, 9.17) is 9.47 Å². The summed E-state index contributed by atoms with van der Waals surface area (Å²) in [6.07, 6.45) is 1.31. The smallest absolute Gasteiger partial charge is 0.231 e. The fourth-order valence-electron chi connectivity index (χ4n) is 4.27. The molecule has 0 aromatic heterocycles. The molecule has 5 atom stereocenters. The topological polar surface area (TPSA) is 62.2 Å². The van der Waals surface area contributed by atoms with E-state index in [1.165, 1.54) is 16.7 Å². The highest BCUT2D eigenvalue weighted by atomic mass is 16.7. The lowest BCUT2D eigenvalue weighted by molar-refractivity contribution is -0.0248. The van der Waals surface area contributed by atoms with Crippen LogP contribution < -0.4 is 9.47 Å². The number of benzene rings is 1. The van der Waals surface area contributed by atoms with Crippen molar-refractivity contribution in [3.8, 4) is 11.5 Å². The average Bonchev–Trinajstić information content (AvgIpc) is 3.04. The molecule has 0 spiro atoms. The number of aliphatic hydroxyl groups excluding tert-OH is 2. The molecule has 0 saturated carbocycles. The molecule has 4 aliphatic rings. The van der Waals surface area contributed by atoms with Crippen LogP contribution in [0.15, 0.2) is 23.8 Å². The zero-order chi connectivity index (χ0) is 14.1. The van der Waals surface area contributed by atoms with Crippen molar-refractivity contribution in [2.75, 3.05) is 13.3 Å². The van der Waals surface area contributed by atoms with E-state index in [-0.39, 0.29) is 6.04 Å². The van der Waals surface area contributed by atoms with Crippen molar-refractivity contribution < 1.29 is 19.7 Å². The largest absolute Gasteiger partial charge is 0.454 e. The Morgan fingerprint density at radius 1 is 1.14 bits per heavy atom. The van der Waals surface area contributed by atoms with E-state index in [0.29, 0.717) is 19.1 Å². The minimum Gasteiger partial charge on any atom is -0.454 e. The van der Waals surface area contributed by atoms with Crippen LogP contribution in [0.25, 0.3) is 0 Å². The van der Waals surface area contributed by atoms with Crippen molar-refractivity contribution in [2.24, 2.45) is 0 Å². The van der Waals surface area contributed by atoms with Crippen LogP contribution in [-0.4, -0.2) is 46.7 Å². The molecule has 5 rings (SSSR count). The van der Waals surface area contributed by atoms with Crippen molar-refractivity contribution in [1.29, 1.82) is 0 Å². The van der Waals surface area contributed by atoms with E-state index < -0.39 is 12.2 Å². The molecular weight excluding hydrogens is 270 g/mol. The summed E-state index contributed by atoms with van der Waals surface area (Å²) in [5, 5.41) is 20.3. The van der Waals surface area contributed by atoms with Gasteiger partial charge in [-0.2, -0.15) is 0 Å². The van der Waals surface area contributed by atoms with Gasteiger partial charge in [-0.3, -0.25) is 4.90 Å². The van der Waals surface area contributed by atoms with Gasteiger partial charge >= 0.3 is 0 Å². The average molecular weight is 287 g/mol. The molecule has 2 bridgehead atoms. The van der Waals surface area contributed by atoms with Crippen LogP contribution in [-0.2, 0) is 6.54 Å². The van der Waals surface area contributed by atoms with Crippen LogP contribution in [0.4, 0.5) is 0 Å². The summed E-state index contributed by atoms with van der Waals surface area (Å²) >= 11 is 0. The van der Waals surface area contributed by atoms with Gasteiger partial charge in [0.25, 0.3) is 0 Å². The predicted molar refractivity (Wildman–Crippen MR) is 74.2 cm³/mol. The second kappa shape index (κ2) is 4.00. The maximum absolute atomic E-state index is 10.4.